The average Bonchev–Trinajstić information content (AvgIpc) is 2.63. The van der Waals surface area contributed by atoms with Crippen LogP contribution in [0.15, 0.2) is 10.2 Å². The van der Waals surface area contributed by atoms with Crippen molar-refractivity contribution in [1.29, 1.82) is 5.26 Å². The van der Waals surface area contributed by atoms with Crippen LogP contribution in [0.3, 0.4) is 0 Å². The normalized spacial score (nSPS) is 14.1. The van der Waals surface area contributed by atoms with Crippen LogP contribution in [0, 0.1) is 11.3 Å². The minimum atomic E-state index is -0.644. The van der Waals surface area contributed by atoms with Gasteiger partial charge in [-0.1, -0.05) is 64.7 Å². The van der Waals surface area contributed by atoms with Crippen molar-refractivity contribution in [2.75, 3.05) is 0 Å². The molecule has 1 atom stereocenters. The lowest BCUT2D eigenvalue weighted by atomic mass is 9.88. The van der Waals surface area contributed by atoms with E-state index in [0.29, 0.717) is 6.42 Å². The highest BCUT2D eigenvalue weighted by molar-refractivity contribution is 6.63. The number of carbonyl (C=O) groups excluding carboxylic acids is 1. The van der Waals surface area contributed by atoms with Crippen molar-refractivity contribution < 1.29 is 4.79 Å². The molecule has 0 heterocycles. The lowest BCUT2D eigenvalue weighted by Gasteiger charge is -2.23. The van der Waals surface area contributed by atoms with Crippen LogP contribution in [0.25, 0.3) is 0 Å². The number of halogens is 1. The molecule has 0 fully saturated rings. The summed E-state index contributed by atoms with van der Waals surface area (Å²) < 4.78 is 0. The zero-order chi connectivity index (χ0) is 21.3. The highest BCUT2D eigenvalue weighted by Crippen LogP contribution is 2.28. The molecule has 0 bridgehead atoms. The molecule has 1 unspecified atom stereocenters. The summed E-state index contributed by atoms with van der Waals surface area (Å²) in [4.78, 5) is 10.7. The Kier molecular flexibility index (Phi) is 15.4. The number of nitrogens with zero attached hydrogens (tertiary/aromatic N) is 3. The van der Waals surface area contributed by atoms with Crippen molar-refractivity contribution in [3.05, 3.63) is 0 Å². The number of rotatable bonds is 17. The first-order chi connectivity index (χ1) is 13.2. The second-order valence-corrected chi connectivity index (χ2v) is 9.43. The Balaban J connectivity index is 4.24. The second kappa shape index (κ2) is 15.9. The molecule has 5 heteroatoms. The summed E-state index contributed by atoms with van der Waals surface area (Å²) in [6, 6.07) is 2.50. The van der Waals surface area contributed by atoms with Crippen LogP contribution in [0.1, 0.15) is 124 Å². The minimum Gasteiger partial charge on any atom is -0.281 e. The van der Waals surface area contributed by atoms with Gasteiger partial charge >= 0.3 is 0 Å². The predicted molar refractivity (Wildman–Crippen MR) is 119 cm³/mol. The summed E-state index contributed by atoms with van der Waals surface area (Å²) in [7, 11) is 0. The standard InChI is InChI=1S/C23H42ClN3O/c1-5-6-7-15-18-23(20-25,27-26-22(2,3)4)19-16-13-11-9-8-10-12-14-17-21(24)28/h5-19H2,1-4H3. The average molecular weight is 412 g/mol. The topological polar surface area (TPSA) is 65.6 Å². The van der Waals surface area contributed by atoms with Gasteiger partial charge in [0.2, 0.25) is 5.24 Å². The molecule has 0 aliphatic carbocycles. The zero-order valence-electron chi connectivity index (χ0n) is 18.7. The summed E-state index contributed by atoms with van der Waals surface area (Å²) in [6.45, 7) is 8.28. The van der Waals surface area contributed by atoms with Gasteiger partial charge in [-0.25, -0.2) is 0 Å². The Labute approximate surface area is 178 Å². The molecule has 0 aromatic rings. The third kappa shape index (κ3) is 16.0. The first kappa shape index (κ1) is 27.0. The first-order valence-corrected chi connectivity index (χ1v) is 11.7. The van der Waals surface area contributed by atoms with Crippen molar-refractivity contribution in [3.63, 3.8) is 0 Å². The van der Waals surface area contributed by atoms with Gasteiger partial charge in [-0.2, -0.15) is 15.5 Å². The van der Waals surface area contributed by atoms with E-state index in [0.717, 1.165) is 44.9 Å². The van der Waals surface area contributed by atoms with Crippen molar-refractivity contribution in [3.8, 4) is 6.07 Å². The van der Waals surface area contributed by atoms with Gasteiger partial charge in [-0.15, -0.1) is 0 Å². The molecule has 0 rings (SSSR count). The number of azo groups is 1. The molecule has 0 saturated heterocycles. The Morgan fingerprint density at radius 3 is 1.71 bits per heavy atom. The molecule has 28 heavy (non-hydrogen) atoms. The molecule has 0 aromatic carbocycles. The largest absolute Gasteiger partial charge is 0.281 e. The number of carbonyl (C=O) groups is 1. The van der Waals surface area contributed by atoms with Gasteiger partial charge in [0, 0.05) is 6.42 Å². The molecular weight excluding hydrogens is 370 g/mol. The molecule has 4 nitrogen and oxygen atoms in total. The quantitative estimate of drug-likeness (QED) is 0.138. The van der Waals surface area contributed by atoms with Crippen LogP contribution in [0.2, 0.25) is 0 Å². The van der Waals surface area contributed by atoms with Gasteiger partial charge in [0.15, 0.2) is 5.54 Å². The molecule has 0 aromatic heterocycles. The van der Waals surface area contributed by atoms with Crippen molar-refractivity contribution in [1.82, 2.24) is 0 Å². The van der Waals surface area contributed by atoms with E-state index < -0.39 is 5.54 Å². The van der Waals surface area contributed by atoms with Gasteiger partial charge in [-0.3, -0.25) is 4.79 Å². The number of nitriles is 1. The van der Waals surface area contributed by atoms with E-state index in [1.165, 1.54) is 44.9 Å². The summed E-state index contributed by atoms with van der Waals surface area (Å²) >= 11 is 5.34. The Morgan fingerprint density at radius 2 is 1.29 bits per heavy atom. The fourth-order valence-electron chi connectivity index (χ4n) is 3.19. The monoisotopic (exact) mass is 411 g/mol. The van der Waals surface area contributed by atoms with E-state index in [2.05, 4.69) is 23.2 Å². The maximum absolute atomic E-state index is 10.7. The first-order valence-electron chi connectivity index (χ1n) is 11.3. The molecule has 0 aliphatic heterocycles. The van der Waals surface area contributed by atoms with E-state index in [-0.39, 0.29) is 10.8 Å². The smallest absolute Gasteiger partial charge is 0.221 e. The van der Waals surface area contributed by atoms with Crippen molar-refractivity contribution >= 4 is 16.8 Å². The maximum Gasteiger partial charge on any atom is 0.221 e. The Morgan fingerprint density at radius 1 is 0.821 bits per heavy atom. The van der Waals surface area contributed by atoms with Gasteiger partial charge in [-0.05, 0) is 64.5 Å². The minimum absolute atomic E-state index is 0.223. The third-order valence-electron chi connectivity index (χ3n) is 4.91. The molecule has 0 N–H and O–H groups in total. The molecule has 0 aliphatic rings. The second-order valence-electron chi connectivity index (χ2n) is 9.01. The molecular formula is C23H42ClN3O. The third-order valence-corrected chi connectivity index (χ3v) is 5.10. The Hall–Kier alpha value is -0.950. The fraction of sp³-hybridized carbons (Fsp3) is 0.913. The van der Waals surface area contributed by atoms with Gasteiger partial charge in [0.25, 0.3) is 0 Å². The molecule has 0 saturated carbocycles. The maximum atomic E-state index is 10.7. The summed E-state index contributed by atoms with van der Waals surface area (Å²) in [5.41, 5.74) is -0.880. The van der Waals surface area contributed by atoms with E-state index in [9.17, 15) is 10.1 Å². The van der Waals surface area contributed by atoms with Crippen molar-refractivity contribution in [2.24, 2.45) is 10.2 Å². The van der Waals surface area contributed by atoms with Crippen LogP contribution in [-0.2, 0) is 4.79 Å². The van der Waals surface area contributed by atoms with E-state index in [4.69, 9.17) is 11.6 Å². The predicted octanol–water partition coefficient (Wildman–Crippen LogP) is 8.14. The van der Waals surface area contributed by atoms with Crippen molar-refractivity contribution in [2.45, 2.75) is 135 Å². The van der Waals surface area contributed by atoms with E-state index >= 15 is 0 Å². The lowest BCUT2D eigenvalue weighted by Crippen LogP contribution is -2.25. The Bertz CT molecular complexity index is 479. The van der Waals surface area contributed by atoms with Crippen LogP contribution < -0.4 is 0 Å². The van der Waals surface area contributed by atoms with Crippen LogP contribution in [0.4, 0.5) is 0 Å². The summed E-state index contributed by atoms with van der Waals surface area (Å²) in [5, 5.41) is 18.6. The SMILES string of the molecule is CCCCCCC(C#N)(CCCCCCCCCCC(=O)Cl)N=NC(C)(C)C. The summed E-state index contributed by atoms with van der Waals surface area (Å²) in [5.74, 6) is 0. The molecule has 0 amide bonds. The number of unbranched alkanes of at least 4 members (excludes halogenated alkanes) is 10. The zero-order valence-corrected chi connectivity index (χ0v) is 19.5. The van der Waals surface area contributed by atoms with Gasteiger partial charge < -0.3 is 0 Å². The van der Waals surface area contributed by atoms with Gasteiger partial charge in [0.05, 0.1) is 11.6 Å². The fourth-order valence-corrected chi connectivity index (χ4v) is 3.32. The highest BCUT2D eigenvalue weighted by atomic mass is 35.5. The highest BCUT2D eigenvalue weighted by Gasteiger charge is 2.29. The van der Waals surface area contributed by atoms with Crippen LogP contribution in [0.5, 0.6) is 0 Å². The van der Waals surface area contributed by atoms with Crippen LogP contribution >= 0.6 is 11.6 Å². The van der Waals surface area contributed by atoms with E-state index in [1.54, 1.807) is 0 Å². The number of hydrogen-bond donors (Lipinski definition) is 0. The van der Waals surface area contributed by atoms with Gasteiger partial charge in [0.1, 0.15) is 0 Å². The molecule has 0 radical (unpaired) electrons. The molecule has 162 valence electrons. The number of hydrogen-bond acceptors (Lipinski definition) is 4. The van der Waals surface area contributed by atoms with E-state index in [1.807, 2.05) is 20.8 Å². The summed E-state index contributed by atoms with van der Waals surface area (Å²) in [6.07, 6.45) is 15.7. The van der Waals surface area contributed by atoms with Crippen LogP contribution in [-0.4, -0.2) is 16.3 Å². The molecule has 0 spiro atoms. The lowest BCUT2D eigenvalue weighted by molar-refractivity contribution is -0.111.